The van der Waals surface area contributed by atoms with Crippen LogP contribution in [0.3, 0.4) is 0 Å². The lowest BCUT2D eigenvalue weighted by Gasteiger charge is -2.13. The molecule has 0 saturated carbocycles. The van der Waals surface area contributed by atoms with Crippen LogP contribution in [0.2, 0.25) is 0 Å². The second-order valence-electron chi connectivity index (χ2n) is 3.87. The average molecular weight is 248 g/mol. The maximum atomic E-state index is 4.20. The summed E-state index contributed by atoms with van der Waals surface area (Å²) in [5.74, 6) is 1.68. The van der Waals surface area contributed by atoms with Gasteiger partial charge in [-0.3, -0.25) is 0 Å². The van der Waals surface area contributed by atoms with E-state index >= 15 is 0 Å². The number of hydrogen-bond acceptors (Lipinski definition) is 5. The number of hydrogen-bond donors (Lipinski definition) is 2. The summed E-state index contributed by atoms with van der Waals surface area (Å²) >= 11 is 1.78. The van der Waals surface area contributed by atoms with Crippen molar-refractivity contribution in [3.05, 3.63) is 34.8 Å². The van der Waals surface area contributed by atoms with E-state index in [0.29, 0.717) is 6.04 Å². The van der Waals surface area contributed by atoms with Crippen molar-refractivity contribution in [1.29, 1.82) is 0 Å². The van der Waals surface area contributed by atoms with Gasteiger partial charge in [0.2, 0.25) is 0 Å². The average Bonchev–Trinajstić information content (AvgIpc) is 2.82. The topological polar surface area (TPSA) is 49.8 Å². The molecule has 0 radical (unpaired) electrons. The Morgan fingerprint density at radius 3 is 2.88 bits per heavy atom. The first kappa shape index (κ1) is 11.9. The Morgan fingerprint density at radius 2 is 2.18 bits per heavy atom. The second-order valence-corrected chi connectivity index (χ2v) is 4.90. The highest BCUT2D eigenvalue weighted by Gasteiger charge is 2.05. The summed E-state index contributed by atoms with van der Waals surface area (Å²) in [6, 6.07) is 6.50. The van der Waals surface area contributed by atoms with Gasteiger partial charge in [-0.15, -0.1) is 11.3 Å². The molecule has 0 bridgehead atoms. The molecule has 2 aromatic rings. The van der Waals surface area contributed by atoms with E-state index in [2.05, 4.69) is 45.0 Å². The zero-order chi connectivity index (χ0) is 12.1. The van der Waals surface area contributed by atoms with Crippen molar-refractivity contribution in [3.8, 4) is 0 Å². The standard InChI is InChI=1S/C12H16N4S/c1-9(6-10-4-3-5-17-10)16-12-7-11(13-2)14-8-15-12/h3-5,7-9H,6H2,1-2H3,(H2,13,14,15,16). The number of nitrogens with one attached hydrogen (secondary N) is 2. The quantitative estimate of drug-likeness (QED) is 0.854. The molecule has 2 aromatic heterocycles. The summed E-state index contributed by atoms with van der Waals surface area (Å²) in [4.78, 5) is 9.66. The van der Waals surface area contributed by atoms with Crippen molar-refractivity contribution >= 4 is 23.0 Å². The van der Waals surface area contributed by atoms with Crippen molar-refractivity contribution in [3.63, 3.8) is 0 Å². The number of nitrogens with zero attached hydrogens (tertiary/aromatic N) is 2. The molecule has 0 spiro atoms. The summed E-state index contributed by atoms with van der Waals surface area (Å²) in [6.07, 6.45) is 2.57. The summed E-state index contributed by atoms with van der Waals surface area (Å²) in [5.41, 5.74) is 0. The molecule has 0 fully saturated rings. The smallest absolute Gasteiger partial charge is 0.131 e. The molecule has 4 nitrogen and oxygen atoms in total. The molecule has 2 N–H and O–H groups in total. The molecule has 0 aromatic carbocycles. The largest absolute Gasteiger partial charge is 0.373 e. The van der Waals surface area contributed by atoms with E-state index in [0.717, 1.165) is 18.1 Å². The molecule has 2 rings (SSSR count). The van der Waals surface area contributed by atoms with Crippen molar-refractivity contribution < 1.29 is 0 Å². The Morgan fingerprint density at radius 1 is 1.35 bits per heavy atom. The number of thiophene rings is 1. The third kappa shape index (κ3) is 3.42. The Hall–Kier alpha value is -1.62. The predicted molar refractivity (Wildman–Crippen MR) is 72.7 cm³/mol. The van der Waals surface area contributed by atoms with Gasteiger partial charge in [-0.25, -0.2) is 9.97 Å². The van der Waals surface area contributed by atoms with E-state index in [1.54, 1.807) is 17.7 Å². The monoisotopic (exact) mass is 248 g/mol. The van der Waals surface area contributed by atoms with Crippen LogP contribution in [0, 0.1) is 0 Å². The minimum Gasteiger partial charge on any atom is -0.373 e. The van der Waals surface area contributed by atoms with Gasteiger partial charge in [0, 0.05) is 30.5 Å². The molecule has 0 aliphatic rings. The van der Waals surface area contributed by atoms with Crippen molar-refractivity contribution in [1.82, 2.24) is 9.97 Å². The lowest BCUT2D eigenvalue weighted by molar-refractivity contribution is 0.793. The van der Waals surface area contributed by atoms with Gasteiger partial charge < -0.3 is 10.6 Å². The molecule has 5 heteroatoms. The van der Waals surface area contributed by atoms with Crippen LogP contribution in [0.15, 0.2) is 29.9 Å². The Kier molecular flexibility index (Phi) is 3.93. The van der Waals surface area contributed by atoms with E-state index in [4.69, 9.17) is 0 Å². The van der Waals surface area contributed by atoms with Crippen molar-refractivity contribution in [2.75, 3.05) is 17.7 Å². The van der Waals surface area contributed by atoms with Gasteiger partial charge in [-0.2, -0.15) is 0 Å². The summed E-state index contributed by atoms with van der Waals surface area (Å²) < 4.78 is 0. The number of aromatic nitrogens is 2. The van der Waals surface area contributed by atoms with Crippen LogP contribution >= 0.6 is 11.3 Å². The Labute approximate surface area is 105 Å². The molecule has 1 atom stereocenters. The SMILES string of the molecule is CNc1cc(NC(C)Cc2cccs2)ncn1. The zero-order valence-corrected chi connectivity index (χ0v) is 10.8. The van der Waals surface area contributed by atoms with Crippen LogP contribution in [0.25, 0.3) is 0 Å². The number of rotatable bonds is 5. The summed E-state index contributed by atoms with van der Waals surface area (Å²) in [5, 5.41) is 8.47. The molecule has 0 aliphatic carbocycles. The zero-order valence-electron chi connectivity index (χ0n) is 9.97. The first-order chi connectivity index (χ1) is 8.28. The lowest BCUT2D eigenvalue weighted by Crippen LogP contribution is -2.18. The summed E-state index contributed by atoms with van der Waals surface area (Å²) in [6.45, 7) is 2.15. The third-order valence-electron chi connectivity index (χ3n) is 2.40. The normalized spacial score (nSPS) is 12.1. The van der Waals surface area contributed by atoms with Gasteiger partial charge in [0.1, 0.15) is 18.0 Å². The van der Waals surface area contributed by atoms with Crippen LogP contribution in [0.4, 0.5) is 11.6 Å². The molecule has 0 aliphatic heterocycles. The molecular formula is C12H16N4S. The Bertz CT molecular complexity index is 455. The van der Waals surface area contributed by atoms with Gasteiger partial charge >= 0.3 is 0 Å². The van der Waals surface area contributed by atoms with Gasteiger partial charge in [-0.05, 0) is 18.4 Å². The third-order valence-corrected chi connectivity index (χ3v) is 3.30. The van der Waals surface area contributed by atoms with Gasteiger partial charge in [0.15, 0.2) is 0 Å². The van der Waals surface area contributed by atoms with E-state index in [9.17, 15) is 0 Å². The first-order valence-corrected chi connectivity index (χ1v) is 6.44. The van der Waals surface area contributed by atoms with Crippen LogP contribution in [-0.4, -0.2) is 23.1 Å². The molecule has 0 amide bonds. The van der Waals surface area contributed by atoms with Crippen LogP contribution in [0.5, 0.6) is 0 Å². The highest BCUT2D eigenvalue weighted by atomic mass is 32.1. The van der Waals surface area contributed by atoms with Crippen molar-refractivity contribution in [2.45, 2.75) is 19.4 Å². The molecule has 90 valence electrons. The first-order valence-electron chi connectivity index (χ1n) is 5.56. The highest BCUT2D eigenvalue weighted by Crippen LogP contribution is 2.14. The highest BCUT2D eigenvalue weighted by molar-refractivity contribution is 7.09. The summed E-state index contributed by atoms with van der Waals surface area (Å²) in [7, 11) is 1.85. The van der Waals surface area contributed by atoms with E-state index in [-0.39, 0.29) is 0 Å². The Balaban J connectivity index is 1.95. The van der Waals surface area contributed by atoms with E-state index in [1.807, 2.05) is 13.1 Å². The van der Waals surface area contributed by atoms with Gasteiger partial charge in [0.05, 0.1) is 0 Å². The minimum atomic E-state index is 0.355. The fraction of sp³-hybridized carbons (Fsp3) is 0.333. The fourth-order valence-electron chi connectivity index (χ4n) is 1.61. The second kappa shape index (κ2) is 5.63. The van der Waals surface area contributed by atoms with Gasteiger partial charge in [0.25, 0.3) is 0 Å². The number of anilines is 2. The van der Waals surface area contributed by atoms with Crippen LogP contribution in [0.1, 0.15) is 11.8 Å². The maximum absolute atomic E-state index is 4.20. The molecule has 0 saturated heterocycles. The van der Waals surface area contributed by atoms with Crippen LogP contribution in [-0.2, 0) is 6.42 Å². The van der Waals surface area contributed by atoms with Crippen molar-refractivity contribution in [2.24, 2.45) is 0 Å². The minimum absolute atomic E-state index is 0.355. The maximum Gasteiger partial charge on any atom is 0.131 e. The van der Waals surface area contributed by atoms with E-state index in [1.165, 1.54) is 4.88 Å². The lowest BCUT2D eigenvalue weighted by atomic mass is 10.2. The molecule has 17 heavy (non-hydrogen) atoms. The van der Waals surface area contributed by atoms with Gasteiger partial charge in [-0.1, -0.05) is 6.07 Å². The van der Waals surface area contributed by atoms with E-state index < -0.39 is 0 Å². The molecule has 2 heterocycles. The molecular weight excluding hydrogens is 232 g/mol. The predicted octanol–water partition coefficient (Wildman–Crippen LogP) is 2.62. The molecule has 1 unspecified atom stereocenters. The van der Waals surface area contributed by atoms with Crippen LogP contribution < -0.4 is 10.6 Å². The fourth-order valence-corrected chi connectivity index (χ4v) is 2.44.